The zero-order chi connectivity index (χ0) is 22.5. The molecular formula is C21H20Cl2N4O4. The summed E-state index contributed by atoms with van der Waals surface area (Å²) >= 11 is 12.2. The monoisotopic (exact) mass is 462 g/mol. The highest BCUT2D eigenvalue weighted by molar-refractivity contribution is 6.33. The molecule has 0 saturated carbocycles. The van der Waals surface area contributed by atoms with Crippen molar-refractivity contribution in [1.29, 1.82) is 0 Å². The summed E-state index contributed by atoms with van der Waals surface area (Å²) in [4.78, 5) is 37.9. The molecule has 0 aliphatic carbocycles. The first kappa shape index (κ1) is 22.6. The predicted molar refractivity (Wildman–Crippen MR) is 122 cm³/mol. The first-order valence-electron chi connectivity index (χ1n) is 9.47. The van der Waals surface area contributed by atoms with Crippen LogP contribution in [-0.4, -0.2) is 47.8 Å². The van der Waals surface area contributed by atoms with Crippen molar-refractivity contribution in [3.05, 3.63) is 68.2 Å². The summed E-state index contributed by atoms with van der Waals surface area (Å²) in [5, 5.41) is 14.2. The number of hydrogen-bond acceptors (Lipinski definition) is 5. The van der Waals surface area contributed by atoms with Gasteiger partial charge in [-0.2, -0.15) is 0 Å². The molecule has 3 rings (SSSR count). The van der Waals surface area contributed by atoms with Crippen LogP contribution >= 0.6 is 23.2 Å². The van der Waals surface area contributed by atoms with Crippen molar-refractivity contribution in [1.82, 2.24) is 4.90 Å². The van der Waals surface area contributed by atoms with E-state index in [1.165, 1.54) is 24.3 Å². The summed E-state index contributed by atoms with van der Waals surface area (Å²) in [6.45, 7) is 4.19. The maximum Gasteiger partial charge on any atom is 0.288 e. The number of amides is 2. The molecule has 1 heterocycles. The van der Waals surface area contributed by atoms with Gasteiger partial charge < -0.3 is 15.1 Å². The first-order valence-corrected chi connectivity index (χ1v) is 10.2. The third kappa shape index (κ3) is 5.74. The van der Waals surface area contributed by atoms with E-state index >= 15 is 0 Å². The van der Waals surface area contributed by atoms with Crippen molar-refractivity contribution < 1.29 is 14.5 Å². The Labute approximate surface area is 189 Å². The number of carbonyl (C=O) groups is 2. The van der Waals surface area contributed by atoms with Gasteiger partial charge in [-0.25, -0.2) is 0 Å². The lowest BCUT2D eigenvalue weighted by atomic mass is 10.2. The lowest BCUT2D eigenvalue weighted by Gasteiger charge is -2.36. The Bertz CT molecular complexity index is 1050. The lowest BCUT2D eigenvalue weighted by Crippen LogP contribution is -2.48. The van der Waals surface area contributed by atoms with Gasteiger partial charge in [0.25, 0.3) is 5.69 Å². The Morgan fingerprint density at radius 3 is 2.39 bits per heavy atom. The van der Waals surface area contributed by atoms with Crippen molar-refractivity contribution in [2.75, 3.05) is 36.4 Å². The number of halogens is 2. The van der Waals surface area contributed by atoms with E-state index in [0.717, 1.165) is 5.69 Å². The summed E-state index contributed by atoms with van der Waals surface area (Å²) in [6.07, 6.45) is 2.74. The second-order valence-corrected chi connectivity index (χ2v) is 7.76. The minimum atomic E-state index is -0.580. The zero-order valence-corrected chi connectivity index (χ0v) is 18.2. The van der Waals surface area contributed by atoms with Crippen molar-refractivity contribution in [3.8, 4) is 0 Å². The Hall–Kier alpha value is -3.10. The average Bonchev–Trinajstić information content (AvgIpc) is 2.73. The highest BCUT2D eigenvalue weighted by Crippen LogP contribution is 2.30. The predicted octanol–water partition coefficient (Wildman–Crippen LogP) is 4.22. The van der Waals surface area contributed by atoms with Gasteiger partial charge in [-0.3, -0.25) is 19.7 Å². The fourth-order valence-electron chi connectivity index (χ4n) is 3.23. The molecule has 10 heteroatoms. The molecule has 0 spiro atoms. The van der Waals surface area contributed by atoms with Gasteiger partial charge in [-0.15, -0.1) is 0 Å². The molecule has 2 aromatic rings. The van der Waals surface area contributed by atoms with Gasteiger partial charge in [0.2, 0.25) is 11.8 Å². The molecule has 0 aromatic heterocycles. The topological polar surface area (TPSA) is 95.8 Å². The molecule has 1 saturated heterocycles. The number of anilines is 2. The second-order valence-electron chi connectivity index (χ2n) is 6.95. The number of nitro benzene ring substituents is 1. The van der Waals surface area contributed by atoms with E-state index in [4.69, 9.17) is 23.2 Å². The van der Waals surface area contributed by atoms with Crippen LogP contribution in [0.15, 0.2) is 42.5 Å². The largest absolute Gasteiger partial charge is 0.367 e. The van der Waals surface area contributed by atoms with Crippen LogP contribution in [0.1, 0.15) is 12.5 Å². The van der Waals surface area contributed by atoms with Crippen molar-refractivity contribution >= 4 is 58.2 Å². The number of hydrogen-bond donors (Lipinski definition) is 1. The molecule has 8 nitrogen and oxygen atoms in total. The Kier molecular flexibility index (Phi) is 7.14. The summed E-state index contributed by atoms with van der Waals surface area (Å²) in [5.74, 6) is -0.346. The average molecular weight is 463 g/mol. The van der Waals surface area contributed by atoms with Crippen LogP contribution in [0.5, 0.6) is 0 Å². The number of nitrogens with one attached hydrogen (secondary N) is 1. The molecule has 1 aliphatic heterocycles. The normalized spacial score (nSPS) is 14.0. The SMILES string of the molecule is CC(=O)N1CCN(c2ccc(NC(=O)/C=C/c3ccc(Cl)c([N+](=O)[O-])c3)cc2Cl)CC1. The molecule has 162 valence electrons. The molecule has 0 bridgehead atoms. The molecule has 2 amide bonds. The summed E-state index contributed by atoms with van der Waals surface area (Å²) < 4.78 is 0. The van der Waals surface area contributed by atoms with Gasteiger partial charge in [-0.1, -0.05) is 29.3 Å². The fourth-order valence-corrected chi connectivity index (χ4v) is 3.72. The Morgan fingerprint density at radius 2 is 1.77 bits per heavy atom. The van der Waals surface area contributed by atoms with Crippen molar-refractivity contribution in [2.24, 2.45) is 0 Å². The maximum atomic E-state index is 12.2. The molecule has 31 heavy (non-hydrogen) atoms. The van der Waals surface area contributed by atoms with Gasteiger partial charge >= 0.3 is 0 Å². The molecule has 0 unspecified atom stereocenters. The van der Waals surface area contributed by atoms with E-state index in [1.807, 2.05) is 6.07 Å². The quantitative estimate of drug-likeness (QED) is 0.407. The molecule has 0 atom stereocenters. The van der Waals surface area contributed by atoms with E-state index in [0.29, 0.717) is 42.5 Å². The van der Waals surface area contributed by atoms with E-state index in [9.17, 15) is 19.7 Å². The van der Waals surface area contributed by atoms with E-state index in [2.05, 4.69) is 10.2 Å². The van der Waals surface area contributed by atoms with E-state index < -0.39 is 10.8 Å². The number of benzene rings is 2. The van der Waals surface area contributed by atoms with Crippen molar-refractivity contribution in [3.63, 3.8) is 0 Å². The van der Waals surface area contributed by atoms with E-state index in [1.54, 1.807) is 30.0 Å². The van der Waals surface area contributed by atoms with Gasteiger partial charge in [0.05, 0.1) is 15.6 Å². The van der Waals surface area contributed by atoms with Crippen LogP contribution in [-0.2, 0) is 9.59 Å². The number of rotatable bonds is 5. The van der Waals surface area contributed by atoms with Crippen molar-refractivity contribution in [2.45, 2.75) is 6.92 Å². The summed E-state index contributed by atoms with van der Waals surface area (Å²) in [7, 11) is 0. The highest BCUT2D eigenvalue weighted by atomic mass is 35.5. The Morgan fingerprint density at radius 1 is 1.06 bits per heavy atom. The van der Waals surface area contributed by atoms with Crippen LogP contribution in [0, 0.1) is 10.1 Å². The van der Waals surface area contributed by atoms with E-state index in [-0.39, 0.29) is 16.6 Å². The minimum absolute atomic E-state index is 0.0315. The number of piperazine rings is 1. The third-order valence-electron chi connectivity index (χ3n) is 4.87. The minimum Gasteiger partial charge on any atom is -0.367 e. The molecule has 1 N–H and O–H groups in total. The molecule has 2 aromatic carbocycles. The third-order valence-corrected chi connectivity index (χ3v) is 5.50. The summed E-state index contributed by atoms with van der Waals surface area (Å²) in [5.41, 5.74) is 1.61. The first-order chi connectivity index (χ1) is 14.7. The van der Waals surface area contributed by atoms with Crippen LogP contribution in [0.2, 0.25) is 10.0 Å². The molecule has 0 radical (unpaired) electrons. The maximum absolute atomic E-state index is 12.2. The smallest absolute Gasteiger partial charge is 0.288 e. The van der Waals surface area contributed by atoms with Gasteiger partial charge in [0.1, 0.15) is 5.02 Å². The van der Waals surface area contributed by atoms with Crippen LogP contribution in [0.3, 0.4) is 0 Å². The number of nitrogens with zero attached hydrogens (tertiary/aromatic N) is 3. The van der Waals surface area contributed by atoms with Gasteiger partial charge in [0.15, 0.2) is 0 Å². The number of carbonyl (C=O) groups excluding carboxylic acids is 2. The zero-order valence-electron chi connectivity index (χ0n) is 16.7. The Balaban J connectivity index is 1.63. The molecular weight excluding hydrogens is 443 g/mol. The van der Waals surface area contributed by atoms with Crippen LogP contribution in [0.25, 0.3) is 6.08 Å². The molecule has 1 aliphatic rings. The number of nitro groups is 1. The van der Waals surface area contributed by atoms with Crippen LogP contribution in [0.4, 0.5) is 17.1 Å². The highest BCUT2D eigenvalue weighted by Gasteiger charge is 2.20. The lowest BCUT2D eigenvalue weighted by molar-refractivity contribution is -0.384. The van der Waals surface area contributed by atoms with Gasteiger partial charge in [-0.05, 0) is 35.9 Å². The fraction of sp³-hybridized carbons (Fsp3) is 0.238. The standard InChI is InChI=1S/C21H20Cl2N4O4/c1-14(28)25-8-10-26(11-9-25)19-6-4-16(13-18(19)23)24-21(29)7-3-15-2-5-17(22)20(12-15)27(30)31/h2-7,12-13H,8-11H2,1H3,(H,24,29)/b7-3+. The second kappa shape index (κ2) is 9.80. The van der Waals surface area contributed by atoms with Crippen LogP contribution < -0.4 is 10.2 Å². The summed E-state index contributed by atoms with van der Waals surface area (Å²) in [6, 6.07) is 9.52. The van der Waals surface area contributed by atoms with Gasteiger partial charge in [0, 0.05) is 50.9 Å². The molecule has 1 fully saturated rings.